The number of hydrogen-bond acceptors (Lipinski definition) is 5. The highest BCUT2D eigenvalue weighted by atomic mass is 15.1. The molecule has 0 atom stereocenters. The molecule has 2 aromatic carbocycles. The van der Waals surface area contributed by atoms with Gasteiger partial charge in [-0.05, 0) is 62.8 Å². The molecular weight excluding hydrogens is 408 g/mol. The standard InChI is InChI=1S/C27H26N6/c1-33-13-11-20(12-14-33)31-27-22-15-19(7-9-25(22)29-17-30-27)23-16-28-26-21(23)8-10-24(32-26)18-5-3-2-4-6-18/h2-10,15-17,20H,11-14H2,1H3,(H,28,32)(H,29,30,31). The number of hydrogen-bond donors (Lipinski definition) is 2. The molecule has 5 aromatic rings. The van der Waals surface area contributed by atoms with Gasteiger partial charge in [0.05, 0.1) is 11.2 Å². The van der Waals surface area contributed by atoms with E-state index in [-0.39, 0.29) is 0 Å². The highest BCUT2D eigenvalue weighted by molar-refractivity contribution is 5.99. The number of H-pyrrole nitrogens is 1. The number of aromatic nitrogens is 4. The third kappa shape index (κ3) is 3.83. The predicted molar refractivity (Wildman–Crippen MR) is 134 cm³/mol. The summed E-state index contributed by atoms with van der Waals surface area (Å²) in [6.07, 6.45) is 5.95. The number of benzene rings is 2. The molecule has 2 N–H and O–H groups in total. The summed E-state index contributed by atoms with van der Waals surface area (Å²) in [6.45, 7) is 2.22. The smallest absolute Gasteiger partial charge is 0.138 e. The lowest BCUT2D eigenvalue weighted by molar-refractivity contribution is 0.264. The van der Waals surface area contributed by atoms with Crippen LogP contribution in [0.3, 0.4) is 0 Å². The fourth-order valence-electron chi connectivity index (χ4n) is 4.70. The van der Waals surface area contributed by atoms with E-state index in [0.717, 1.165) is 76.1 Å². The van der Waals surface area contributed by atoms with Crippen molar-refractivity contribution in [1.82, 2.24) is 24.8 Å². The van der Waals surface area contributed by atoms with E-state index in [0.29, 0.717) is 6.04 Å². The Balaban J connectivity index is 1.36. The zero-order valence-corrected chi connectivity index (χ0v) is 18.6. The first-order valence-electron chi connectivity index (χ1n) is 11.5. The fraction of sp³-hybridized carbons (Fsp3) is 0.222. The topological polar surface area (TPSA) is 69.7 Å². The lowest BCUT2D eigenvalue weighted by Gasteiger charge is -2.30. The fourth-order valence-corrected chi connectivity index (χ4v) is 4.70. The summed E-state index contributed by atoms with van der Waals surface area (Å²) in [5.41, 5.74) is 6.18. The molecule has 0 unspecified atom stereocenters. The second kappa shape index (κ2) is 8.30. The number of anilines is 1. The highest BCUT2D eigenvalue weighted by Crippen LogP contribution is 2.33. The first kappa shape index (κ1) is 19.9. The van der Waals surface area contributed by atoms with Gasteiger partial charge >= 0.3 is 0 Å². The van der Waals surface area contributed by atoms with Crippen molar-refractivity contribution in [2.75, 3.05) is 25.5 Å². The summed E-state index contributed by atoms with van der Waals surface area (Å²) >= 11 is 0. The Morgan fingerprint density at radius 2 is 1.76 bits per heavy atom. The molecule has 4 heterocycles. The number of fused-ring (bicyclic) bond motifs is 2. The van der Waals surface area contributed by atoms with Crippen molar-refractivity contribution in [3.8, 4) is 22.4 Å². The van der Waals surface area contributed by atoms with Gasteiger partial charge in [0.1, 0.15) is 17.8 Å². The number of piperidine rings is 1. The van der Waals surface area contributed by atoms with Crippen molar-refractivity contribution in [2.24, 2.45) is 0 Å². The van der Waals surface area contributed by atoms with Crippen molar-refractivity contribution in [1.29, 1.82) is 0 Å². The van der Waals surface area contributed by atoms with E-state index in [1.807, 2.05) is 24.4 Å². The maximum Gasteiger partial charge on any atom is 0.138 e. The summed E-state index contributed by atoms with van der Waals surface area (Å²) in [6, 6.07) is 21.3. The van der Waals surface area contributed by atoms with Crippen LogP contribution in [0.2, 0.25) is 0 Å². The SMILES string of the molecule is CN1CCC(Nc2ncnc3ccc(-c4c[nH]c5nc(-c6ccccc6)ccc45)cc23)CC1. The molecule has 1 saturated heterocycles. The minimum atomic E-state index is 0.441. The second-order valence-corrected chi connectivity index (χ2v) is 8.84. The number of pyridine rings is 1. The molecule has 1 fully saturated rings. The van der Waals surface area contributed by atoms with Crippen LogP contribution in [0.4, 0.5) is 5.82 Å². The van der Waals surface area contributed by atoms with Crippen LogP contribution in [-0.4, -0.2) is 51.0 Å². The van der Waals surface area contributed by atoms with Gasteiger partial charge < -0.3 is 15.2 Å². The Hall–Kier alpha value is -3.77. The van der Waals surface area contributed by atoms with Crippen LogP contribution < -0.4 is 5.32 Å². The molecule has 0 spiro atoms. The normalized spacial score (nSPS) is 15.3. The van der Waals surface area contributed by atoms with E-state index < -0.39 is 0 Å². The van der Waals surface area contributed by atoms with Gasteiger partial charge in [-0.15, -0.1) is 0 Å². The van der Waals surface area contributed by atoms with Gasteiger partial charge in [-0.2, -0.15) is 0 Å². The van der Waals surface area contributed by atoms with Crippen LogP contribution in [0.25, 0.3) is 44.3 Å². The molecule has 0 bridgehead atoms. The van der Waals surface area contributed by atoms with Gasteiger partial charge in [-0.25, -0.2) is 15.0 Å². The molecule has 1 aliphatic heterocycles. The van der Waals surface area contributed by atoms with Gasteiger partial charge in [-0.3, -0.25) is 0 Å². The molecule has 0 radical (unpaired) electrons. The second-order valence-electron chi connectivity index (χ2n) is 8.84. The number of nitrogens with one attached hydrogen (secondary N) is 2. The van der Waals surface area contributed by atoms with Gasteiger partial charge in [0.2, 0.25) is 0 Å². The van der Waals surface area contributed by atoms with Crippen molar-refractivity contribution in [3.05, 3.63) is 73.2 Å². The van der Waals surface area contributed by atoms with Crippen molar-refractivity contribution in [3.63, 3.8) is 0 Å². The Morgan fingerprint density at radius 3 is 2.61 bits per heavy atom. The zero-order chi connectivity index (χ0) is 22.2. The first-order valence-corrected chi connectivity index (χ1v) is 11.5. The van der Waals surface area contributed by atoms with Gasteiger partial charge in [0.25, 0.3) is 0 Å². The van der Waals surface area contributed by atoms with Crippen LogP contribution in [0.5, 0.6) is 0 Å². The van der Waals surface area contributed by atoms with E-state index in [9.17, 15) is 0 Å². The summed E-state index contributed by atoms with van der Waals surface area (Å²) in [5.74, 6) is 0.917. The van der Waals surface area contributed by atoms with Gasteiger partial charge in [0, 0.05) is 34.1 Å². The number of aromatic amines is 1. The molecule has 0 aliphatic carbocycles. The molecule has 0 amide bonds. The average molecular weight is 435 g/mol. The number of rotatable bonds is 4. The Morgan fingerprint density at radius 1 is 0.909 bits per heavy atom. The van der Waals surface area contributed by atoms with E-state index in [2.05, 4.69) is 74.7 Å². The maximum absolute atomic E-state index is 4.86. The molecule has 6 nitrogen and oxygen atoms in total. The molecule has 164 valence electrons. The summed E-state index contributed by atoms with van der Waals surface area (Å²) in [4.78, 5) is 19.7. The average Bonchev–Trinajstić information content (AvgIpc) is 3.29. The molecule has 6 heteroatoms. The minimum absolute atomic E-state index is 0.441. The summed E-state index contributed by atoms with van der Waals surface area (Å²) < 4.78 is 0. The van der Waals surface area contributed by atoms with Crippen LogP contribution >= 0.6 is 0 Å². The van der Waals surface area contributed by atoms with Crippen LogP contribution in [0.15, 0.2) is 73.2 Å². The minimum Gasteiger partial charge on any atom is -0.367 e. The molecular formula is C27H26N6. The lowest BCUT2D eigenvalue weighted by Crippen LogP contribution is -2.36. The lowest BCUT2D eigenvalue weighted by atomic mass is 10.0. The van der Waals surface area contributed by atoms with Gasteiger partial charge in [-0.1, -0.05) is 36.4 Å². The van der Waals surface area contributed by atoms with E-state index in [1.54, 1.807) is 6.33 Å². The number of nitrogens with zero attached hydrogens (tertiary/aromatic N) is 4. The summed E-state index contributed by atoms with van der Waals surface area (Å²) in [5, 5.41) is 5.84. The maximum atomic E-state index is 4.86. The van der Waals surface area contributed by atoms with Crippen LogP contribution in [-0.2, 0) is 0 Å². The van der Waals surface area contributed by atoms with Crippen LogP contribution in [0, 0.1) is 0 Å². The number of likely N-dealkylation sites (tertiary alicyclic amines) is 1. The first-order chi connectivity index (χ1) is 16.2. The van der Waals surface area contributed by atoms with E-state index in [4.69, 9.17) is 4.98 Å². The molecule has 33 heavy (non-hydrogen) atoms. The monoisotopic (exact) mass is 434 g/mol. The Kier molecular flexibility index (Phi) is 5.00. The van der Waals surface area contributed by atoms with E-state index in [1.165, 1.54) is 0 Å². The summed E-state index contributed by atoms with van der Waals surface area (Å²) in [7, 11) is 2.18. The third-order valence-corrected chi connectivity index (χ3v) is 6.61. The predicted octanol–water partition coefficient (Wildman–Crippen LogP) is 5.35. The van der Waals surface area contributed by atoms with Crippen molar-refractivity contribution in [2.45, 2.75) is 18.9 Å². The Labute approximate surface area is 192 Å². The largest absolute Gasteiger partial charge is 0.367 e. The van der Waals surface area contributed by atoms with Gasteiger partial charge in [0.15, 0.2) is 0 Å². The zero-order valence-electron chi connectivity index (χ0n) is 18.6. The van der Waals surface area contributed by atoms with E-state index >= 15 is 0 Å². The molecule has 0 saturated carbocycles. The molecule has 1 aliphatic rings. The molecule has 6 rings (SSSR count). The molecule has 3 aromatic heterocycles. The third-order valence-electron chi connectivity index (χ3n) is 6.61. The quantitative estimate of drug-likeness (QED) is 0.399. The van der Waals surface area contributed by atoms with Crippen molar-refractivity contribution < 1.29 is 0 Å². The highest BCUT2D eigenvalue weighted by Gasteiger charge is 2.18. The van der Waals surface area contributed by atoms with Crippen molar-refractivity contribution >= 4 is 27.8 Å². The van der Waals surface area contributed by atoms with Crippen LogP contribution in [0.1, 0.15) is 12.8 Å². The Bertz CT molecular complexity index is 1420.